The summed E-state index contributed by atoms with van der Waals surface area (Å²) in [6.45, 7) is 4.65. The highest BCUT2D eigenvalue weighted by Gasteiger charge is 2.15. The van der Waals surface area contributed by atoms with Crippen LogP contribution < -0.4 is 5.73 Å². The molecule has 0 aromatic carbocycles. The molecule has 0 amide bonds. The van der Waals surface area contributed by atoms with Gasteiger partial charge in [0.25, 0.3) is 0 Å². The molecule has 0 saturated heterocycles. The Morgan fingerprint density at radius 3 is 2.79 bits per heavy atom. The van der Waals surface area contributed by atoms with E-state index in [1.165, 1.54) is 11.3 Å². The number of thiazole rings is 1. The molecule has 0 unspecified atom stereocenters. The van der Waals surface area contributed by atoms with Crippen molar-refractivity contribution in [1.29, 1.82) is 0 Å². The zero-order valence-corrected chi connectivity index (χ0v) is 12.5. The molecule has 1 aromatic rings. The van der Waals surface area contributed by atoms with Crippen LogP contribution in [-0.4, -0.2) is 17.6 Å². The lowest BCUT2D eigenvalue weighted by Crippen LogP contribution is -2.09. The number of allylic oxidation sites excluding steroid dienone is 1. The zero-order valence-electron chi connectivity index (χ0n) is 11.6. The van der Waals surface area contributed by atoms with Crippen molar-refractivity contribution in [2.45, 2.75) is 46.0 Å². The number of hydrogen-bond donors (Lipinski definition) is 1. The molecule has 0 aliphatic rings. The number of unbranched alkanes of at least 4 members (excludes halogenated alkanes) is 3. The molecule has 0 radical (unpaired) electrons. The number of nitrogens with two attached hydrogens (primary N) is 1. The maximum atomic E-state index is 12.1. The van der Waals surface area contributed by atoms with Gasteiger partial charge in [0, 0.05) is 5.38 Å². The predicted molar refractivity (Wildman–Crippen MR) is 79.9 cm³/mol. The average Bonchev–Trinajstić information content (AvgIpc) is 2.82. The Balaban J connectivity index is 2.66. The van der Waals surface area contributed by atoms with Crippen molar-refractivity contribution in [2.24, 2.45) is 0 Å². The van der Waals surface area contributed by atoms with Gasteiger partial charge in [-0.1, -0.05) is 39.2 Å². The topological polar surface area (TPSA) is 65.2 Å². The number of rotatable bonds is 8. The van der Waals surface area contributed by atoms with Crippen LogP contribution in [0.5, 0.6) is 0 Å². The van der Waals surface area contributed by atoms with Gasteiger partial charge in [-0.15, -0.1) is 11.3 Å². The highest BCUT2D eigenvalue weighted by molar-refractivity contribution is 7.13. The van der Waals surface area contributed by atoms with Crippen molar-refractivity contribution in [1.82, 2.24) is 4.98 Å². The van der Waals surface area contributed by atoms with E-state index in [0.29, 0.717) is 23.0 Å². The lowest BCUT2D eigenvalue weighted by Gasteiger charge is -2.06. The summed E-state index contributed by atoms with van der Waals surface area (Å²) in [5.41, 5.74) is 6.77. The van der Waals surface area contributed by atoms with Gasteiger partial charge >= 0.3 is 5.97 Å². The number of aromatic nitrogens is 1. The minimum Gasteiger partial charge on any atom is -0.462 e. The molecule has 1 aromatic heterocycles. The Bertz CT molecular complexity index is 427. The van der Waals surface area contributed by atoms with E-state index < -0.39 is 0 Å². The normalized spacial score (nSPS) is 11.6. The summed E-state index contributed by atoms with van der Waals surface area (Å²) in [7, 11) is 0. The molecule has 4 nitrogen and oxygen atoms in total. The van der Waals surface area contributed by atoms with Gasteiger partial charge in [0.05, 0.1) is 17.9 Å². The molecule has 1 heterocycles. The smallest absolute Gasteiger partial charge is 0.340 e. The van der Waals surface area contributed by atoms with E-state index >= 15 is 0 Å². The fraction of sp³-hybridized carbons (Fsp3) is 0.571. The largest absolute Gasteiger partial charge is 0.462 e. The second kappa shape index (κ2) is 8.69. The first-order chi connectivity index (χ1) is 9.19. The Labute approximate surface area is 118 Å². The predicted octanol–water partition coefficient (Wildman–Crippen LogP) is 3.64. The van der Waals surface area contributed by atoms with Gasteiger partial charge in [0.2, 0.25) is 0 Å². The third-order valence-electron chi connectivity index (χ3n) is 2.64. The maximum Gasteiger partial charge on any atom is 0.340 e. The van der Waals surface area contributed by atoms with Crippen LogP contribution in [0, 0.1) is 0 Å². The third-order valence-corrected chi connectivity index (χ3v) is 3.31. The van der Waals surface area contributed by atoms with E-state index in [1.807, 2.05) is 6.08 Å². The molecule has 0 bridgehead atoms. The number of nitrogens with zero attached hydrogens (tertiary/aromatic N) is 1. The first-order valence-electron chi connectivity index (χ1n) is 6.77. The molecule has 0 atom stereocenters. The summed E-state index contributed by atoms with van der Waals surface area (Å²) in [5, 5.41) is 2.26. The fourth-order valence-corrected chi connectivity index (χ4v) is 2.15. The van der Waals surface area contributed by atoms with E-state index in [1.54, 1.807) is 5.38 Å². The van der Waals surface area contributed by atoms with Gasteiger partial charge in [-0.2, -0.15) is 0 Å². The van der Waals surface area contributed by atoms with Crippen molar-refractivity contribution >= 4 is 28.0 Å². The second-order valence-electron chi connectivity index (χ2n) is 4.32. The third kappa shape index (κ3) is 5.42. The van der Waals surface area contributed by atoms with Gasteiger partial charge in [-0.25, -0.2) is 9.78 Å². The van der Waals surface area contributed by atoms with E-state index in [4.69, 9.17) is 10.5 Å². The van der Waals surface area contributed by atoms with Crippen LogP contribution in [0.4, 0.5) is 5.13 Å². The molecule has 0 aliphatic carbocycles. The lowest BCUT2D eigenvalue weighted by atomic mass is 10.1. The summed E-state index contributed by atoms with van der Waals surface area (Å²) in [4.78, 5) is 16.2. The number of anilines is 1. The minimum atomic E-state index is -0.296. The number of nitrogen functional groups attached to an aromatic ring is 1. The van der Waals surface area contributed by atoms with Crippen LogP contribution >= 0.6 is 11.3 Å². The fourth-order valence-electron chi connectivity index (χ4n) is 1.59. The van der Waals surface area contributed by atoms with Crippen molar-refractivity contribution in [2.75, 3.05) is 12.3 Å². The van der Waals surface area contributed by atoms with Crippen LogP contribution in [0.1, 0.15) is 51.6 Å². The summed E-state index contributed by atoms with van der Waals surface area (Å²) in [5.74, 6) is -0.296. The van der Waals surface area contributed by atoms with Crippen molar-refractivity contribution < 1.29 is 9.53 Å². The van der Waals surface area contributed by atoms with E-state index in [0.717, 1.165) is 32.1 Å². The van der Waals surface area contributed by atoms with Crippen molar-refractivity contribution in [3.05, 3.63) is 17.2 Å². The molecule has 2 N–H and O–H groups in total. The van der Waals surface area contributed by atoms with Crippen LogP contribution in [-0.2, 0) is 9.53 Å². The Morgan fingerprint density at radius 2 is 2.21 bits per heavy atom. The summed E-state index contributed by atoms with van der Waals surface area (Å²) >= 11 is 1.33. The number of carbonyl (C=O) groups excluding carboxylic acids is 1. The van der Waals surface area contributed by atoms with Crippen LogP contribution in [0.2, 0.25) is 0 Å². The highest BCUT2D eigenvalue weighted by atomic mass is 32.1. The molecule has 0 aliphatic heterocycles. The number of hydrogen-bond acceptors (Lipinski definition) is 5. The SMILES string of the molecule is CCC/C=C(/C(=O)OCCCCC)c1csc(N)n1. The number of carbonyl (C=O) groups is 1. The lowest BCUT2D eigenvalue weighted by molar-refractivity contribution is -0.136. The van der Waals surface area contributed by atoms with Gasteiger partial charge in [-0.3, -0.25) is 0 Å². The van der Waals surface area contributed by atoms with E-state index in [2.05, 4.69) is 18.8 Å². The molecular formula is C14H22N2O2S. The number of ether oxygens (including phenoxy) is 1. The molecule has 0 saturated carbocycles. The van der Waals surface area contributed by atoms with Crippen LogP contribution in [0.3, 0.4) is 0 Å². The first kappa shape index (κ1) is 15.7. The minimum absolute atomic E-state index is 0.296. The van der Waals surface area contributed by atoms with Crippen molar-refractivity contribution in [3.63, 3.8) is 0 Å². The summed E-state index contributed by atoms with van der Waals surface area (Å²) in [6, 6.07) is 0. The second-order valence-corrected chi connectivity index (χ2v) is 5.21. The Morgan fingerprint density at radius 1 is 1.42 bits per heavy atom. The maximum absolute atomic E-state index is 12.1. The molecule has 19 heavy (non-hydrogen) atoms. The van der Waals surface area contributed by atoms with Gasteiger partial charge in [0.1, 0.15) is 0 Å². The zero-order chi connectivity index (χ0) is 14.1. The monoisotopic (exact) mass is 282 g/mol. The Kier molecular flexibility index (Phi) is 7.18. The molecular weight excluding hydrogens is 260 g/mol. The van der Waals surface area contributed by atoms with Crippen molar-refractivity contribution in [3.8, 4) is 0 Å². The van der Waals surface area contributed by atoms with Crippen LogP contribution in [0.15, 0.2) is 11.5 Å². The summed E-state index contributed by atoms with van der Waals surface area (Å²) < 4.78 is 5.28. The van der Waals surface area contributed by atoms with Gasteiger partial charge < -0.3 is 10.5 Å². The molecule has 106 valence electrons. The average molecular weight is 282 g/mol. The standard InChI is InChI=1S/C14H22N2O2S/c1-3-5-7-9-18-13(17)11(8-6-4-2)12-10-19-14(15)16-12/h8,10H,3-7,9H2,1-2H3,(H2,15,16)/b11-8+. The highest BCUT2D eigenvalue weighted by Crippen LogP contribution is 2.21. The van der Waals surface area contributed by atoms with Gasteiger partial charge in [-0.05, 0) is 12.8 Å². The van der Waals surface area contributed by atoms with E-state index in [-0.39, 0.29) is 5.97 Å². The molecule has 0 spiro atoms. The molecule has 5 heteroatoms. The Hall–Kier alpha value is -1.36. The summed E-state index contributed by atoms with van der Waals surface area (Å²) in [6.07, 6.45) is 6.78. The first-order valence-corrected chi connectivity index (χ1v) is 7.65. The molecule has 0 fully saturated rings. The van der Waals surface area contributed by atoms with E-state index in [9.17, 15) is 4.79 Å². The van der Waals surface area contributed by atoms with Gasteiger partial charge in [0.15, 0.2) is 5.13 Å². The molecule has 1 rings (SSSR count). The quantitative estimate of drug-likeness (QED) is 0.449. The number of esters is 1. The van der Waals surface area contributed by atoms with Crippen LogP contribution in [0.25, 0.3) is 5.57 Å².